The first kappa shape index (κ1) is 13.2. The highest BCUT2D eigenvalue weighted by Crippen LogP contribution is 2.41. The van der Waals surface area contributed by atoms with E-state index in [2.05, 4.69) is 21.1 Å². The highest BCUT2D eigenvalue weighted by molar-refractivity contribution is 9.11. The van der Waals surface area contributed by atoms with Gasteiger partial charge in [-0.1, -0.05) is 17.3 Å². The summed E-state index contributed by atoms with van der Waals surface area (Å²) in [5, 5.41) is 3.89. The Kier molecular flexibility index (Phi) is 3.50. The number of nitrogens with zero attached hydrogens (tertiary/aromatic N) is 1. The van der Waals surface area contributed by atoms with Crippen LogP contribution in [-0.4, -0.2) is 12.3 Å². The molecular formula is C14H11BrN2O2S. The summed E-state index contributed by atoms with van der Waals surface area (Å²) in [6, 6.07) is 11.6. The van der Waals surface area contributed by atoms with Crippen molar-refractivity contribution < 1.29 is 9.26 Å². The van der Waals surface area contributed by atoms with Crippen LogP contribution >= 0.6 is 27.3 Å². The quantitative estimate of drug-likeness (QED) is 0.759. The van der Waals surface area contributed by atoms with Crippen molar-refractivity contribution in [2.75, 3.05) is 12.8 Å². The van der Waals surface area contributed by atoms with E-state index in [9.17, 15) is 0 Å². The molecule has 3 aromatic rings. The molecule has 1 aromatic carbocycles. The van der Waals surface area contributed by atoms with Crippen LogP contribution in [0.1, 0.15) is 0 Å². The van der Waals surface area contributed by atoms with Gasteiger partial charge in [0.25, 0.3) is 0 Å². The van der Waals surface area contributed by atoms with Crippen LogP contribution in [0.3, 0.4) is 0 Å². The highest BCUT2D eigenvalue weighted by atomic mass is 79.9. The van der Waals surface area contributed by atoms with Crippen LogP contribution in [0.2, 0.25) is 0 Å². The summed E-state index contributed by atoms with van der Waals surface area (Å²) >= 11 is 5.01. The number of halogens is 1. The molecular weight excluding hydrogens is 340 g/mol. The van der Waals surface area contributed by atoms with Crippen LogP contribution in [0.25, 0.3) is 21.8 Å². The molecule has 2 aromatic heterocycles. The van der Waals surface area contributed by atoms with E-state index < -0.39 is 0 Å². The number of methoxy groups -OCH3 is 1. The van der Waals surface area contributed by atoms with Gasteiger partial charge in [-0.25, -0.2) is 0 Å². The van der Waals surface area contributed by atoms with E-state index in [1.807, 2.05) is 36.4 Å². The summed E-state index contributed by atoms with van der Waals surface area (Å²) in [6.45, 7) is 0. The summed E-state index contributed by atoms with van der Waals surface area (Å²) in [7, 11) is 1.63. The molecule has 0 atom stereocenters. The van der Waals surface area contributed by atoms with Crippen LogP contribution in [0.4, 0.5) is 5.82 Å². The van der Waals surface area contributed by atoms with Gasteiger partial charge in [0.15, 0.2) is 11.6 Å². The van der Waals surface area contributed by atoms with Gasteiger partial charge >= 0.3 is 0 Å². The summed E-state index contributed by atoms with van der Waals surface area (Å²) in [4.78, 5) is 0.971. The number of benzene rings is 1. The van der Waals surface area contributed by atoms with E-state index in [4.69, 9.17) is 15.0 Å². The summed E-state index contributed by atoms with van der Waals surface area (Å²) in [5.41, 5.74) is 7.67. The topological polar surface area (TPSA) is 61.3 Å². The Labute approximate surface area is 128 Å². The van der Waals surface area contributed by atoms with E-state index in [0.717, 1.165) is 25.5 Å². The molecule has 0 saturated heterocycles. The maximum Gasteiger partial charge on any atom is 0.186 e. The fourth-order valence-corrected chi connectivity index (χ4v) is 3.33. The molecule has 0 aliphatic carbocycles. The van der Waals surface area contributed by atoms with Gasteiger partial charge in [-0.15, -0.1) is 11.3 Å². The molecule has 2 heterocycles. The number of anilines is 1. The molecule has 3 rings (SSSR count). The first-order chi connectivity index (χ1) is 9.69. The minimum Gasteiger partial charge on any atom is -0.497 e. The molecule has 0 unspecified atom stereocenters. The predicted octanol–water partition coefficient (Wildman–Crippen LogP) is 4.42. The lowest BCUT2D eigenvalue weighted by atomic mass is 10.0. The minimum atomic E-state index is 0.373. The number of hydrogen-bond donors (Lipinski definition) is 1. The van der Waals surface area contributed by atoms with Crippen molar-refractivity contribution in [2.45, 2.75) is 0 Å². The van der Waals surface area contributed by atoms with Crippen molar-refractivity contribution >= 4 is 33.1 Å². The van der Waals surface area contributed by atoms with Crippen LogP contribution in [0, 0.1) is 0 Å². The Morgan fingerprint density at radius 3 is 2.85 bits per heavy atom. The fraction of sp³-hybridized carbons (Fsp3) is 0.0714. The third kappa shape index (κ3) is 2.32. The first-order valence-electron chi connectivity index (χ1n) is 5.84. The lowest BCUT2D eigenvalue weighted by Gasteiger charge is -2.04. The maximum atomic E-state index is 5.96. The molecule has 0 aliphatic heterocycles. The fourth-order valence-electron chi connectivity index (χ4n) is 1.96. The zero-order valence-electron chi connectivity index (χ0n) is 10.6. The van der Waals surface area contributed by atoms with Gasteiger partial charge in [0.05, 0.1) is 21.3 Å². The first-order valence-corrected chi connectivity index (χ1v) is 7.45. The SMILES string of the molecule is COc1cccc(-c2c(N)noc2-c2ccc(Br)s2)c1. The van der Waals surface area contributed by atoms with Crippen molar-refractivity contribution in [2.24, 2.45) is 0 Å². The van der Waals surface area contributed by atoms with Gasteiger partial charge in [0.1, 0.15) is 5.75 Å². The second-order valence-corrected chi connectivity index (χ2v) is 6.57. The van der Waals surface area contributed by atoms with Crippen LogP contribution in [0.15, 0.2) is 44.7 Å². The lowest BCUT2D eigenvalue weighted by molar-refractivity contribution is 0.415. The average molecular weight is 351 g/mol. The number of nitrogens with two attached hydrogens (primary N) is 1. The van der Waals surface area contributed by atoms with Gasteiger partial charge in [-0.05, 0) is 45.8 Å². The molecule has 20 heavy (non-hydrogen) atoms. The highest BCUT2D eigenvalue weighted by Gasteiger charge is 2.19. The largest absolute Gasteiger partial charge is 0.497 e. The van der Waals surface area contributed by atoms with E-state index in [1.165, 1.54) is 0 Å². The van der Waals surface area contributed by atoms with E-state index >= 15 is 0 Å². The molecule has 4 nitrogen and oxygen atoms in total. The van der Waals surface area contributed by atoms with Crippen molar-refractivity contribution in [3.05, 3.63) is 40.2 Å². The van der Waals surface area contributed by atoms with Crippen LogP contribution in [-0.2, 0) is 0 Å². The number of nitrogen functional groups attached to an aromatic ring is 1. The minimum absolute atomic E-state index is 0.373. The molecule has 6 heteroatoms. The molecule has 2 N–H and O–H groups in total. The Hall–Kier alpha value is -1.79. The number of hydrogen-bond acceptors (Lipinski definition) is 5. The van der Waals surface area contributed by atoms with Crippen LogP contribution < -0.4 is 10.5 Å². The Morgan fingerprint density at radius 1 is 1.30 bits per heavy atom. The van der Waals surface area contributed by atoms with Gasteiger partial charge in [-0.3, -0.25) is 0 Å². The number of aromatic nitrogens is 1. The number of rotatable bonds is 3. The zero-order valence-corrected chi connectivity index (χ0v) is 13.0. The van der Waals surface area contributed by atoms with E-state index in [-0.39, 0.29) is 0 Å². The summed E-state index contributed by atoms with van der Waals surface area (Å²) < 4.78 is 11.7. The molecule has 0 spiro atoms. The maximum absolute atomic E-state index is 5.96. The lowest BCUT2D eigenvalue weighted by Crippen LogP contribution is -1.89. The zero-order chi connectivity index (χ0) is 14.1. The van der Waals surface area contributed by atoms with Gasteiger partial charge in [-0.2, -0.15) is 0 Å². The molecule has 0 amide bonds. The Morgan fingerprint density at radius 2 is 2.15 bits per heavy atom. The van der Waals surface area contributed by atoms with Crippen molar-refractivity contribution in [1.29, 1.82) is 0 Å². The van der Waals surface area contributed by atoms with E-state index in [1.54, 1.807) is 18.4 Å². The monoisotopic (exact) mass is 350 g/mol. The van der Waals surface area contributed by atoms with Crippen LogP contribution in [0.5, 0.6) is 5.75 Å². The third-order valence-corrected chi connectivity index (χ3v) is 4.50. The molecule has 0 radical (unpaired) electrons. The number of ether oxygens (including phenoxy) is 1. The average Bonchev–Trinajstić information content (AvgIpc) is 3.05. The Bertz CT molecular complexity index is 751. The van der Waals surface area contributed by atoms with Gasteiger partial charge in [0.2, 0.25) is 0 Å². The van der Waals surface area contributed by atoms with E-state index in [0.29, 0.717) is 11.6 Å². The standard InChI is InChI=1S/C14H11BrN2O2S/c1-18-9-4-2-3-8(7-9)12-13(19-17-14(12)16)10-5-6-11(15)20-10/h2-7H,1H3,(H2,16,17). The van der Waals surface area contributed by atoms with Crippen molar-refractivity contribution in [1.82, 2.24) is 5.16 Å². The molecule has 0 fully saturated rings. The van der Waals surface area contributed by atoms with Gasteiger partial charge in [0, 0.05) is 0 Å². The van der Waals surface area contributed by atoms with Crippen molar-refractivity contribution in [3.8, 4) is 27.5 Å². The summed E-state index contributed by atoms with van der Waals surface area (Å²) in [5.74, 6) is 1.81. The molecule has 0 saturated carbocycles. The Balaban J connectivity index is 2.15. The predicted molar refractivity (Wildman–Crippen MR) is 83.9 cm³/mol. The third-order valence-electron chi connectivity index (χ3n) is 2.87. The smallest absolute Gasteiger partial charge is 0.186 e. The second-order valence-electron chi connectivity index (χ2n) is 4.11. The number of thiophene rings is 1. The van der Waals surface area contributed by atoms with Gasteiger partial charge < -0.3 is 15.0 Å². The molecule has 0 bridgehead atoms. The molecule has 102 valence electrons. The molecule has 0 aliphatic rings. The van der Waals surface area contributed by atoms with Crippen molar-refractivity contribution in [3.63, 3.8) is 0 Å². The second kappa shape index (κ2) is 5.30. The summed E-state index contributed by atoms with van der Waals surface area (Å²) in [6.07, 6.45) is 0. The normalized spacial score (nSPS) is 10.7.